The Bertz CT molecular complexity index is 2190. The molecule has 2 N–H and O–H groups in total. The van der Waals surface area contributed by atoms with E-state index in [9.17, 15) is 9.50 Å². The molecule has 2 bridgehead atoms. The number of aromatic nitrogens is 3. The number of piperidine rings is 1. The summed E-state index contributed by atoms with van der Waals surface area (Å²) in [6.45, 7) is -1.82. The molecule has 48 heavy (non-hydrogen) atoms. The molecular weight excluding hydrogens is 621 g/mol. The van der Waals surface area contributed by atoms with Crippen LogP contribution in [0.25, 0.3) is 32.9 Å². The molecule has 0 amide bonds. The number of nitrogens with one attached hydrogen (secondary N) is 1. The van der Waals surface area contributed by atoms with Crippen LogP contribution in [0.3, 0.4) is 0 Å². The van der Waals surface area contributed by atoms with Gasteiger partial charge in [0.1, 0.15) is 40.5 Å². The minimum absolute atomic E-state index is 0.00805. The summed E-state index contributed by atoms with van der Waals surface area (Å²) in [6.07, 6.45) is 7.67. The van der Waals surface area contributed by atoms with Crippen LogP contribution in [0.1, 0.15) is 45.5 Å². The minimum Gasteiger partial charge on any atom is -0.508 e. The lowest BCUT2D eigenvalue weighted by Gasteiger charge is -2.40. The number of likely N-dealkylation sites (tertiary alicyclic amines) is 1. The number of pyridine rings is 1. The van der Waals surface area contributed by atoms with Gasteiger partial charge in [0.15, 0.2) is 5.82 Å². The van der Waals surface area contributed by atoms with Crippen LogP contribution >= 0.6 is 0 Å². The van der Waals surface area contributed by atoms with E-state index in [1.807, 2.05) is 4.90 Å². The summed E-state index contributed by atoms with van der Waals surface area (Å²) < 4.78 is 101. The first-order chi connectivity index (χ1) is 25.1. The number of ether oxygens (including phenoxy) is 2. The molecule has 3 aliphatic rings. The zero-order valence-corrected chi connectivity index (χ0v) is 26.4. The van der Waals surface area contributed by atoms with Crippen molar-refractivity contribution in [1.82, 2.24) is 25.2 Å². The molecular formula is C36H37F3N6O3. The number of phenols is 1. The number of benzene rings is 2. The van der Waals surface area contributed by atoms with E-state index in [2.05, 4.69) is 26.2 Å². The molecule has 5 heterocycles. The van der Waals surface area contributed by atoms with Crippen LogP contribution in [0.5, 0.6) is 17.6 Å². The van der Waals surface area contributed by atoms with Gasteiger partial charge in [0.2, 0.25) is 5.88 Å². The van der Waals surface area contributed by atoms with Gasteiger partial charge in [0.05, 0.1) is 21.2 Å². The van der Waals surface area contributed by atoms with Crippen LogP contribution in [-0.2, 0) is 0 Å². The van der Waals surface area contributed by atoms with Crippen molar-refractivity contribution in [2.24, 2.45) is 5.41 Å². The van der Waals surface area contributed by atoms with Gasteiger partial charge in [0, 0.05) is 58.7 Å². The molecule has 7 rings (SSSR count). The predicted molar refractivity (Wildman–Crippen MR) is 178 cm³/mol. The molecule has 4 aromatic rings. The Balaban J connectivity index is 1.47. The van der Waals surface area contributed by atoms with Gasteiger partial charge >= 0.3 is 6.01 Å². The van der Waals surface area contributed by atoms with Crippen LogP contribution in [0, 0.1) is 29.4 Å². The normalized spacial score (nSPS) is 25.7. The molecule has 3 fully saturated rings. The summed E-state index contributed by atoms with van der Waals surface area (Å²) in [4.78, 5) is 16.5. The molecule has 0 radical (unpaired) electrons. The van der Waals surface area contributed by atoms with Crippen molar-refractivity contribution in [3.8, 4) is 41.2 Å². The lowest BCUT2D eigenvalue weighted by Crippen LogP contribution is -2.51. The largest absolute Gasteiger partial charge is 0.508 e. The molecule has 0 aliphatic carbocycles. The average molecular weight is 664 g/mol. The van der Waals surface area contributed by atoms with E-state index in [4.69, 9.17) is 22.8 Å². The van der Waals surface area contributed by atoms with Gasteiger partial charge < -0.3 is 29.7 Å². The first kappa shape index (κ1) is 26.4. The number of rotatable bonds is 7. The number of terminal acetylenes is 1. The second-order valence-corrected chi connectivity index (χ2v) is 12.6. The van der Waals surface area contributed by atoms with Crippen LogP contribution in [-0.4, -0.2) is 83.4 Å². The highest BCUT2D eigenvalue weighted by atomic mass is 19.1. The number of aromatic hydroxyl groups is 1. The predicted octanol–water partition coefficient (Wildman–Crippen LogP) is 5.72. The van der Waals surface area contributed by atoms with Gasteiger partial charge in [-0.1, -0.05) is 18.9 Å². The Hall–Kier alpha value is -4.60. The molecule has 9 nitrogen and oxygen atoms in total. The summed E-state index contributed by atoms with van der Waals surface area (Å²) in [7, 11) is 0. The van der Waals surface area contributed by atoms with Crippen molar-refractivity contribution in [2.75, 3.05) is 51.2 Å². The van der Waals surface area contributed by atoms with Gasteiger partial charge in [-0.05, 0) is 62.3 Å². The van der Waals surface area contributed by atoms with E-state index >= 15 is 8.78 Å². The number of fused-ring (bicyclic) bond motifs is 4. The van der Waals surface area contributed by atoms with Crippen molar-refractivity contribution in [2.45, 2.75) is 45.2 Å². The minimum atomic E-state index is -2.82. The second kappa shape index (κ2) is 12.5. The number of piperazine rings is 1. The molecule has 3 atom stereocenters. The van der Waals surface area contributed by atoms with Gasteiger partial charge in [-0.3, -0.25) is 0 Å². The smallest absolute Gasteiger partial charge is 0.319 e. The maximum atomic E-state index is 17.3. The molecule has 250 valence electrons. The van der Waals surface area contributed by atoms with Crippen LogP contribution in [0.4, 0.5) is 19.0 Å². The highest BCUT2D eigenvalue weighted by molar-refractivity contribution is 6.04. The zero-order chi connectivity index (χ0) is 38.0. The Labute approximate surface area is 283 Å². The Morgan fingerprint density at radius 2 is 1.98 bits per heavy atom. The lowest BCUT2D eigenvalue weighted by atomic mass is 9.78. The quantitative estimate of drug-likeness (QED) is 0.241. The SMILES string of the molecule is [2H]C([2H])([2H])N1CC/C(=C\F)[C@](C)(C([2H])([2H])Oc2nc(N3C[C@H]4CC[C@@H](C3)N4)c3c(OCC)nc(-c4cc(O)cc5ccc(F)c(C#C)c45)c(F)c3n2)C1. The molecule has 0 saturated carbocycles. The standard InChI is InChI=1S/C36H37F3N6O3/c1-5-25-27(38)10-7-20-13-24(46)14-26(28(20)25)31-30(39)32-29(34(41-31)47-6-2)33(45-16-22-8-9-23(17-45)40-22)43-35(42-32)48-19-36(3)18-44(4)12-11-21(36)15-37/h1,7,10,13-15,22-23,40,46H,6,8-9,11-12,16-19H2,2-4H3/b21-15+/t22-,23+,36-/m0/s1/i4D3,19D2. The number of hydrogen-bond donors (Lipinski definition) is 2. The van der Waals surface area contributed by atoms with Gasteiger partial charge in [-0.25, -0.2) is 18.2 Å². The van der Waals surface area contributed by atoms with E-state index in [1.54, 1.807) is 6.92 Å². The van der Waals surface area contributed by atoms with Gasteiger partial charge in [-0.15, -0.1) is 6.42 Å². The van der Waals surface area contributed by atoms with Gasteiger partial charge in [-0.2, -0.15) is 9.97 Å². The van der Waals surface area contributed by atoms with E-state index in [0.29, 0.717) is 18.5 Å². The van der Waals surface area contributed by atoms with E-state index in [0.717, 1.165) is 23.8 Å². The Morgan fingerprint density at radius 3 is 2.69 bits per heavy atom. The second-order valence-electron chi connectivity index (χ2n) is 12.6. The highest BCUT2D eigenvalue weighted by Crippen LogP contribution is 2.43. The highest BCUT2D eigenvalue weighted by Gasteiger charge is 2.38. The monoisotopic (exact) mass is 663 g/mol. The number of anilines is 1. The third-order valence-corrected chi connectivity index (χ3v) is 9.33. The van der Waals surface area contributed by atoms with Crippen molar-refractivity contribution in [1.29, 1.82) is 0 Å². The maximum Gasteiger partial charge on any atom is 0.319 e. The van der Waals surface area contributed by atoms with Crippen molar-refractivity contribution >= 4 is 27.5 Å². The topological polar surface area (TPSA) is 95.9 Å². The first-order valence-corrected chi connectivity index (χ1v) is 15.8. The Morgan fingerprint density at radius 1 is 1.19 bits per heavy atom. The number of hydrogen-bond acceptors (Lipinski definition) is 9. The zero-order valence-electron chi connectivity index (χ0n) is 31.4. The van der Waals surface area contributed by atoms with Crippen LogP contribution in [0.2, 0.25) is 0 Å². The molecule has 12 heteroatoms. The first-order valence-electron chi connectivity index (χ1n) is 18.3. The summed E-state index contributed by atoms with van der Waals surface area (Å²) in [5.41, 5.74) is -2.85. The van der Waals surface area contributed by atoms with Crippen molar-refractivity contribution in [3.05, 3.63) is 53.4 Å². The van der Waals surface area contributed by atoms with E-state index in [-0.39, 0.29) is 88.4 Å². The molecule has 0 unspecified atom stereocenters. The summed E-state index contributed by atoms with van der Waals surface area (Å²) in [5, 5.41) is 14.7. The summed E-state index contributed by atoms with van der Waals surface area (Å²) in [5.74, 6) is 0.311. The molecule has 2 aromatic carbocycles. The fraction of sp³-hybridized carbons (Fsp3) is 0.417. The average Bonchev–Trinajstić information content (AvgIpc) is 3.45. The van der Waals surface area contributed by atoms with Gasteiger partial charge in [0.25, 0.3) is 0 Å². The molecule has 2 aromatic heterocycles. The number of nitrogens with zero attached hydrogens (tertiary/aromatic N) is 5. The third-order valence-electron chi connectivity index (χ3n) is 9.33. The number of phenolic OH excluding ortho intramolecular Hbond substituents is 1. The van der Waals surface area contributed by atoms with E-state index in [1.165, 1.54) is 25.1 Å². The van der Waals surface area contributed by atoms with Crippen molar-refractivity contribution < 1.29 is 34.6 Å². The molecule has 3 saturated heterocycles. The maximum absolute atomic E-state index is 17.3. The van der Waals surface area contributed by atoms with Crippen molar-refractivity contribution in [3.63, 3.8) is 0 Å². The van der Waals surface area contributed by atoms with Crippen LogP contribution < -0.4 is 19.7 Å². The van der Waals surface area contributed by atoms with Crippen LogP contribution in [0.15, 0.2) is 36.2 Å². The molecule has 0 spiro atoms. The fourth-order valence-corrected chi connectivity index (χ4v) is 7.04. The van der Waals surface area contributed by atoms with E-state index < -0.39 is 48.8 Å². The summed E-state index contributed by atoms with van der Waals surface area (Å²) >= 11 is 0. The summed E-state index contributed by atoms with van der Waals surface area (Å²) in [6, 6.07) is 4.65. The number of halogens is 3. The Kier molecular flexibility index (Phi) is 6.84. The lowest BCUT2D eigenvalue weighted by molar-refractivity contribution is 0.109. The third kappa shape index (κ3) is 5.54. The fourth-order valence-electron chi connectivity index (χ4n) is 7.04. The molecule has 3 aliphatic heterocycles.